The number of nitrogens with two attached hydrogens (primary N) is 1. The Hall–Kier alpha value is -1.07. The number of fused-ring (bicyclic) bond motifs is 1. The van der Waals surface area contributed by atoms with Crippen LogP contribution in [0.2, 0.25) is 0 Å². The average Bonchev–Trinajstić information content (AvgIpc) is 2.42. The van der Waals surface area contributed by atoms with Gasteiger partial charge in [-0.3, -0.25) is 0 Å². The van der Waals surface area contributed by atoms with Gasteiger partial charge in [0.25, 0.3) is 0 Å². The van der Waals surface area contributed by atoms with Crippen LogP contribution in [-0.2, 0) is 6.42 Å². The Bertz CT molecular complexity index is 493. The normalized spacial score (nSPS) is 13.3. The summed E-state index contributed by atoms with van der Waals surface area (Å²) in [5.74, 6) is 0.805. The summed E-state index contributed by atoms with van der Waals surface area (Å²) in [6.45, 7) is 1.74. The molecule has 0 saturated heterocycles. The molecule has 0 fully saturated rings. The Labute approximate surface area is 95.9 Å². The molecule has 0 radical (unpaired) electrons. The van der Waals surface area contributed by atoms with Crippen molar-refractivity contribution in [1.29, 1.82) is 0 Å². The zero-order valence-electron chi connectivity index (χ0n) is 8.31. The molecule has 0 amide bonds. The molecule has 0 saturated carbocycles. The molecule has 0 aromatic carbocycles. The van der Waals surface area contributed by atoms with Crippen molar-refractivity contribution in [1.82, 2.24) is 9.38 Å². The molecular formula is C10H12BrN3O. The number of anilines is 1. The number of pyridine rings is 1. The largest absolute Gasteiger partial charge is 0.398 e. The molecular weight excluding hydrogens is 258 g/mol. The maximum Gasteiger partial charge on any atom is 0.132 e. The molecule has 4 nitrogen and oxygen atoms in total. The van der Waals surface area contributed by atoms with Crippen LogP contribution in [0.1, 0.15) is 12.7 Å². The number of nitrogen functional groups attached to an aromatic ring is 1. The minimum atomic E-state index is -0.413. The second-order valence-corrected chi connectivity index (χ2v) is 4.34. The van der Waals surface area contributed by atoms with E-state index in [0.717, 1.165) is 15.9 Å². The first-order valence-electron chi connectivity index (χ1n) is 4.68. The maximum atomic E-state index is 9.34. The predicted molar refractivity (Wildman–Crippen MR) is 62.7 cm³/mol. The molecule has 5 heteroatoms. The van der Waals surface area contributed by atoms with E-state index >= 15 is 0 Å². The molecule has 1 atom stereocenters. The van der Waals surface area contributed by atoms with Gasteiger partial charge in [-0.05, 0) is 35.0 Å². The molecule has 0 aliphatic rings. The summed E-state index contributed by atoms with van der Waals surface area (Å²) in [5.41, 5.74) is 7.34. The van der Waals surface area contributed by atoms with E-state index in [2.05, 4.69) is 20.9 Å². The fourth-order valence-corrected chi connectivity index (χ4v) is 2.06. The number of hydrogen-bond donors (Lipinski definition) is 2. The Kier molecular flexibility index (Phi) is 2.67. The van der Waals surface area contributed by atoms with E-state index in [1.807, 2.05) is 22.7 Å². The number of nitrogens with zero attached hydrogens (tertiary/aromatic N) is 2. The molecule has 0 bridgehead atoms. The molecule has 0 aliphatic heterocycles. The number of rotatable bonds is 2. The number of aliphatic hydroxyl groups is 1. The van der Waals surface area contributed by atoms with Crippen LogP contribution in [-0.4, -0.2) is 20.6 Å². The topological polar surface area (TPSA) is 63.5 Å². The molecule has 80 valence electrons. The Morgan fingerprint density at radius 3 is 3.00 bits per heavy atom. The van der Waals surface area contributed by atoms with Crippen LogP contribution < -0.4 is 5.73 Å². The molecule has 15 heavy (non-hydrogen) atoms. The summed E-state index contributed by atoms with van der Waals surface area (Å²) in [6, 6.07) is 3.73. The second-order valence-electron chi connectivity index (χ2n) is 3.59. The molecule has 3 N–H and O–H groups in total. The van der Waals surface area contributed by atoms with E-state index in [1.54, 1.807) is 6.92 Å². The van der Waals surface area contributed by atoms with Crippen LogP contribution in [0.4, 0.5) is 5.69 Å². The minimum absolute atomic E-state index is 0.413. The van der Waals surface area contributed by atoms with Crippen molar-refractivity contribution < 1.29 is 5.11 Å². The first-order chi connectivity index (χ1) is 7.08. The number of halogens is 1. The van der Waals surface area contributed by atoms with Crippen molar-refractivity contribution in [3.8, 4) is 0 Å². The molecule has 0 spiro atoms. The van der Waals surface area contributed by atoms with Crippen LogP contribution in [0.3, 0.4) is 0 Å². The van der Waals surface area contributed by atoms with E-state index < -0.39 is 6.10 Å². The predicted octanol–water partition coefficient (Wildman–Crippen LogP) is 1.60. The van der Waals surface area contributed by atoms with Crippen molar-refractivity contribution in [3.05, 3.63) is 28.8 Å². The van der Waals surface area contributed by atoms with Gasteiger partial charge >= 0.3 is 0 Å². The van der Waals surface area contributed by atoms with Gasteiger partial charge in [-0.25, -0.2) is 4.98 Å². The van der Waals surface area contributed by atoms with Crippen molar-refractivity contribution in [2.45, 2.75) is 19.4 Å². The summed E-state index contributed by atoms with van der Waals surface area (Å²) in [7, 11) is 0. The van der Waals surface area contributed by atoms with E-state index in [1.165, 1.54) is 0 Å². The number of hydrogen-bond acceptors (Lipinski definition) is 3. The zero-order valence-corrected chi connectivity index (χ0v) is 9.90. The molecule has 2 aromatic rings. The van der Waals surface area contributed by atoms with Crippen LogP contribution >= 0.6 is 15.9 Å². The molecule has 2 aromatic heterocycles. The van der Waals surface area contributed by atoms with Gasteiger partial charge in [0.15, 0.2) is 0 Å². The molecule has 2 heterocycles. The number of imidazole rings is 1. The van der Waals surface area contributed by atoms with Crippen LogP contribution in [0, 0.1) is 0 Å². The van der Waals surface area contributed by atoms with Gasteiger partial charge in [0.2, 0.25) is 0 Å². The summed E-state index contributed by atoms with van der Waals surface area (Å²) < 4.78 is 2.67. The third kappa shape index (κ3) is 1.98. The summed E-state index contributed by atoms with van der Waals surface area (Å²) in [5, 5.41) is 9.34. The van der Waals surface area contributed by atoms with Crippen molar-refractivity contribution in [3.63, 3.8) is 0 Å². The van der Waals surface area contributed by atoms with E-state index in [0.29, 0.717) is 12.1 Å². The second kappa shape index (κ2) is 3.83. The smallest absolute Gasteiger partial charge is 0.132 e. The highest BCUT2D eigenvalue weighted by molar-refractivity contribution is 9.10. The molecule has 0 aliphatic carbocycles. The zero-order chi connectivity index (χ0) is 11.0. The standard InChI is InChI=1S/C10H12BrN3O/c1-6(15)4-9-13-10(11)8-3-2-7(12)5-14(8)9/h2-3,5-6,15H,4,12H2,1H3. The van der Waals surface area contributed by atoms with Crippen LogP contribution in [0.15, 0.2) is 22.9 Å². The van der Waals surface area contributed by atoms with E-state index in [4.69, 9.17) is 5.73 Å². The van der Waals surface area contributed by atoms with Gasteiger partial charge in [0.1, 0.15) is 10.4 Å². The van der Waals surface area contributed by atoms with Gasteiger partial charge in [-0.2, -0.15) is 0 Å². The van der Waals surface area contributed by atoms with Gasteiger partial charge in [-0.15, -0.1) is 0 Å². The Morgan fingerprint density at radius 2 is 2.33 bits per heavy atom. The highest BCUT2D eigenvalue weighted by Crippen LogP contribution is 2.21. The third-order valence-electron chi connectivity index (χ3n) is 2.17. The number of aromatic nitrogens is 2. The quantitative estimate of drug-likeness (QED) is 0.871. The molecule has 2 rings (SSSR count). The van der Waals surface area contributed by atoms with Gasteiger partial charge in [0.05, 0.1) is 11.6 Å². The highest BCUT2D eigenvalue weighted by atomic mass is 79.9. The Balaban J connectivity index is 2.59. The van der Waals surface area contributed by atoms with E-state index in [9.17, 15) is 5.11 Å². The fourth-order valence-electron chi connectivity index (χ4n) is 1.53. The first kappa shape index (κ1) is 10.4. The lowest BCUT2D eigenvalue weighted by Gasteiger charge is -2.03. The van der Waals surface area contributed by atoms with E-state index in [-0.39, 0.29) is 0 Å². The monoisotopic (exact) mass is 269 g/mol. The van der Waals surface area contributed by atoms with Gasteiger partial charge in [0, 0.05) is 18.3 Å². The third-order valence-corrected chi connectivity index (χ3v) is 2.75. The minimum Gasteiger partial charge on any atom is -0.398 e. The highest BCUT2D eigenvalue weighted by Gasteiger charge is 2.10. The SMILES string of the molecule is CC(O)Cc1nc(Br)c2ccc(N)cn12. The van der Waals surface area contributed by atoms with Crippen molar-refractivity contribution >= 4 is 27.1 Å². The van der Waals surface area contributed by atoms with Crippen LogP contribution in [0.5, 0.6) is 0 Å². The van der Waals surface area contributed by atoms with Crippen molar-refractivity contribution in [2.75, 3.05) is 5.73 Å². The first-order valence-corrected chi connectivity index (χ1v) is 5.47. The lowest BCUT2D eigenvalue weighted by atomic mass is 10.3. The summed E-state index contributed by atoms with van der Waals surface area (Å²) in [4.78, 5) is 4.34. The number of aliphatic hydroxyl groups excluding tert-OH is 1. The maximum absolute atomic E-state index is 9.34. The molecule has 1 unspecified atom stereocenters. The Morgan fingerprint density at radius 1 is 1.60 bits per heavy atom. The van der Waals surface area contributed by atoms with Gasteiger partial charge in [-0.1, -0.05) is 0 Å². The van der Waals surface area contributed by atoms with Crippen LogP contribution in [0.25, 0.3) is 5.52 Å². The summed E-state index contributed by atoms with van der Waals surface area (Å²) in [6.07, 6.45) is 1.91. The summed E-state index contributed by atoms with van der Waals surface area (Å²) >= 11 is 3.38. The average molecular weight is 270 g/mol. The fraction of sp³-hybridized carbons (Fsp3) is 0.300. The lowest BCUT2D eigenvalue weighted by molar-refractivity contribution is 0.192. The van der Waals surface area contributed by atoms with Gasteiger partial charge < -0.3 is 15.2 Å². The van der Waals surface area contributed by atoms with Crippen molar-refractivity contribution in [2.24, 2.45) is 0 Å². The lowest BCUT2D eigenvalue weighted by Crippen LogP contribution is -2.08.